The van der Waals surface area contributed by atoms with Crippen LogP contribution in [0.2, 0.25) is 5.02 Å². The van der Waals surface area contributed by atoms with Gasteiger partial charge >= 0.3 is 5.69 Å². The Morgan fingerprint density at radius 3 is 2.33 bits per heavy atom. The van der Waals surface area contributed by atoms with Crippen LogP contribution in [0.4, 0.5) is 5.82 Å². The van der Waals surface area contributed by atoms with E-state index in [9.17, 15) is 14.4 Å². The van der Waals surface area contributed by atoms with Crippen LogP contribution in [-0.4, -0.2) is 35.4 Å². The first-order valence-electron chi connectivity index (χ1n) is 9.78. The first kappa shape index (κ1) is 22.6. The third kappa shape index (κ3) is 4.22. The number of halogens is 1. The van der Waals surface area contributed by atoms with Crippen LogP contribution in [0.1, 0.15) is 10.4 Å². The van der Waals surface area contributed by atoms with Gasteiger partial charge in [-0.3, -0.25) is 23.3 Å². The van der Waals surface area contributed by atoms with Gasteiger partial charge in [0.05, 0.1) is 5.75 Å². The van der Waals surface area contributed by atoms with Crippen molar-refractivity contribution in [3.63, 3.8) is 0 Å². The van der Waals surface area contributed by atoms with Gasteiger partial charge in [0.2, 0.25) is 0 Å². The van der Waals surface area contributed by atoms with Gasteiger partial charge in [-0.25, -0.2) is 4.79 Å². The van der Waals surface area contributed by atoms with Crippen molar-refractivity contribution in [1.82, 2.24) is 23.9 Å². The lowest BCUT2D eigenvalue weighted by Gasteiger charge is -2.12. The monoisotopic (exact) mass is 482 g/mol. The lowest BCUT2D eigenvalue weighted by molar-refractivity contribution is 0.102. The number of carbonyl (C=O) groups is 1. The summed E-state index contributed by atoms with van der Waals surface area (Å²) in [6.45, 7) is 0. The molecule has 0 fully saturated rings. The zero-order valence-electron chi connectivity index (χ0n) is 17.7. The zero-order chi connectivity index (χ0) is 23.7. The van der Waals surface area contributed by atoms with E-state index in [1.807, 2.05) is 47.0 Å². The fraction of sp³-hybridized carbons (Fsp3) is 0.136. The van der Waals surface area contributed by atoms with Gasteiger partial charge in [0, 0.05) is 30.4 Å². The summed E-state index contributed by atoms with van der Waals surface area (Å²) in [5.41, 5.74) is 5.96. The molecule has 0 bridgehead atoms. The molecule has 0 spiro atoms. The van der Waals surface area contributed by atoms with E-state index < -0.39 is 17.0 Å². The average molecular weight is 483 g/mol. The van der Waals surface area contributed by atoms with Crippen molar-refractivity contribution in [2.75, 3.05) is 11.5 Å². The summed E-state index contributed by atoms with van der Waals surface area (Å²) in [4.78, 5) is 37.5. The Morgan fingerprint density at radius 1 is 1.00 bits per heavy atom. The molecule has 33 heavy (non-hydrogen) atoms. The summed E-state index contributed by atoms with van der Waals surface area (Å²) in [5, 5.41) is 9.65. The number of nitrogen functional groups attached to an aromatic ring is 1. The summed E-state index contributed by atoms with van der Waals surface area (Å²) < 4.78 is 3.76. The number of Topliss-reactive ketones (excluding diaryl/α,β-unsaturated/α-hetero) is 1. The van der Waals surface area contributed by atoms with Crippen molar-refractivity contribution in [3.05, 3.63) is 86.0 Å². The Morgan fingerprint density at radius 2 is 1.67 bits per heavy atom. The van der Waals surface area contributed by atoms with Crippen LogP contribution in [0.3, 0.4) is 0 Å². The molecule has 9 nitrogen and oxygen atoms in total. The van der Waals surface area contributed by atoms with Crippen molar-refractivity contribution in [1.29, 1.82) is 0 Å². The van der Waals surface area contributed by atoms with E-state index in [1.165, 1.54) is 14.1 Å². The van der Waals surface area contributed by atoms with Crippen LogP contribution in [0.15, 0.2) is 69.3 Å². The van der Waals surface area contributed by atoms with Crippen molar-refractivity contribution < 1.29 is 4.79 Å². The predicted molar refractivity (Wildman–Crippen MR) is 128 cm³/mol. The second-order valence-electron chi connectivity index (χ2n) is 7.16. The highest BCUT2D eigenvalue weighted by molar-refractivity contribution is 7.99. The maximum Gasteiger partial charge on any atom is 0.332 e. The second kappa shape index (κ2) is 9.08. The van der Waals surface area contributed by atoms with E-state index in [-0.39, 0.29) is 17.1 Å². The number of carbonyl (C=O) groups excluding carboxylic acids is 1. The van der Waals surface area contributed by atoms with E-state index in [4.69, 9.17) is 17.3 Å². The summed E-state index contributed by atoms with van der Waals surface area (Å²) in [6, 6.07) is 16.6. The molecular weight excluding hydrogens is 464 g/mol. The van der Waals surface area contributed by atoms with Crippen molar-refractivity contribution >= 4 is 35.0 Å². The Balaban J connectivity index is 1.71. The van der Waals surface area contributed by atoms with Crippen LogP contribution in [-0.2, 0) is 14.1 Å². The normalized spacial score (nSPS) is 11.0. The number of rotatable bonds is 6. The number of nitrogens with two attached hydrogens (primary N) is 1. The van der Waals surface area contributed by atoms with Gasteiger partial charge in [-0.1, -0.05) is 41.6 Å². The lowest BCUT2D eigenvalue weighted by atomic mass is 10.2. The van der Waals surface area contributed by atoms with Gasteiger partial charge in [0.25, 0.3) is 5.56 Å². The predicted octanol–water partition coefficient (Wildman–Crippen LogP) is 2.54. The van der Waals surface area contributed by atoms with Crippen molar-refractivity contribution in [2.24, 2.45) is 14.1 Å². The van der Waals surface area contributed by atoms with Gasteiger partial charge < -0.3 is 5.73 Å². The molecule has 0 saturated heterocycles. The molecule has 0 amide bonds. The Bertz CT molecular complexity index is 1460. The first-order chi connectivity index (χ1) is 15.8. The molecular formula is C22H19ClN6O3S. The highest BCUT2D eigenvalue weighted by atomic mass is 35.5. The molecule has 2 heterocycles. The molecule has 4 rings (SSSR count). The molecule has 2 aromatic carbocycles. The maximum absolute atomic E-state index is 12.9. The zero-order valence-corrected chi connectivity index (χ0v) is 19.3. The lowest BCUT2D eigenvalue weighted by Crippen LogP contribution is -2.41. The topological polar surface area (TPSA) is 118 Å². The molecule has 0 radical (unpaired) electrons. The van der Waals surface area contributed by atoms with Gasteiger partial charge in [0.1, 0.15) is 11.4 Å². The van der Waals surface area contributed by atoms with Gasteiger partial charge in [-0.05, 0) is 36.4 Å². The standard InChI is InChI=1S/C22H19ClN6O3S/c1-27-18(24)17(20(31)28(2)22(27)32)16(30)12-33-21-26-25-19(13-8-10-14(23)11-9-13)29(21)15-6-4-3-5-7-15/h3-11H,12,24H2,1-2H3. The molecule has 0 unspecified atom stereocenters. The molecule has 0 aliphatic heterocycles. The first-order valence-corrected chi connectivity index (χ1v) is 11.1. The third-order valence-corrected chi connectivity index (χ3v) is 6.25. The van der Waals surface area contributed by atoms with Crippen LogP contribution < -0.4 is 17.0 Å². The SMILES string of the molecule is Cn1c(N)c(C(=O)CSc2nnc(-c3ccc(Cl)cc3)n2-c2ccccc2)c(=O)n(C)c1=O. The Kier molecular flexibility index (Phi) is 6.21. The van der Waals surface area contributed by atoms with Crippen LogP contribution in [0, 0.1) is 0 Å². The molecule has 0 saturated carbocycles. The number of ketones is 1. The fourth-order valence-corrected chi connectivity index (χ4v) is 4.23. The minimum absolute atomic E-state index is 0.122. The average Bonchev–Trinajstić information content (AvgIpc) is 3.25. The van der Waals surface area contributed by atoms with E-state index in [0.717, 1.165) is 32.1 Å². The summed E-state index contributed by atoms with van der Waals surface area (Å²) in [5.74, 6) is -0.224. The van der Waals surface area contributed by atoms with Gasteiger partial charge in [-0.15, -0.1) is 10.2 Å². The molecule has 4 aromatic rings. The Hall–Kier alpha value is -3.63. The largest absolute Gasteiger partial charge is 0.384 e. The van der Waals surface area contributed by atoms with E-state index in [1.54, 1.807) is 12.1 Å². The summed E-state index contributed by atoms with van der Waals surface area (Å²) in [7, 11) is 2.71. The molecule has 168 valence electrons. The van der Waals surface area contributed by atoms with Gasteiger partial charge in [-0.2, -0.15) is 0 Å². The second-order valence-corrected chi connectivity index (χ2v) is 8.54. The number of para-hydroxylation sites is 1. The fourth-order valence-electron chi connectivity index (χ4n) is 3.28. The number of benzene rings is 2. The highest BCUT2D eigenvalue weighted by Gasteiger charge is 2.22. The van der Waals surface area contributed by atoms with Gasteiger partial charge in [0.15, 0.2) is 16.8 Å². The van der Waals surface area contributed by atoms with Crippen LogP contribution in [0.5, 0.6) is 0 Å². The van der Waals surface area contributed by atoms with Crippen molar-refractivity contribution in [3.8, 4) is 17.1 Å². The summed E-state index contributed by atoms with van der Waals surface area (Å²) >= 11 is 7.14. The molecule has 11 heteroatoms. The number of anilines is 1. The molecule has 2 N–H and O–H groups in total. The smallest absolute Gasteiger partial charge is 0.332 e. The van der Waals surface area contributed by atoms with Crippen LogP contribution >= 0.6 is 23.4 Å². The number of nitrogens with zero attached hydrogens (tertiary/aromatic N) is 5. The minimum Gasteiger partial charge on any atom is -0.384 e. The minimum atomic E-state index is -0.729. The number of hydrogen-bond donors (Lipinski definition) is 1. The molecule has 0 atom stereocenters. The quantitative estimate of drug-likeness (QED) is 0.331. The van der Waals surface area contributed by atoms with E-state index in [2.05, 4.69) is 10.2 Å². The van der Waals surface area contributed by atoms with Crippen LogP contribution in [0.25, 0.3) is 17.1 Å². The number of thioether (sulfide) groups is 1. The van der Waals surface area contributed by atoms with E-state index in [0.29, 0.717) is 16.0 Å². The molecule has 2 aromatic heterocycles. The number of hydrogen-bond acceptors (Lipinski definition) is 7. The molecule has 0 aliphatic rings. The maximum atomic E-state index is 12.9. The third-order valence-electron chi connectivity index (χ3n) is 5.07. The highest BCUT2D eigenvalue weighted by Crippen LogP contribution is 2.29. The Labute approximate surface area is 197 Å². The van der Waals surface area contributed by atoms with Crippen molar-refractivity contribution in [2.45, 2.75) is 5.16 Å². The number of aromatic nitrogens is 5. The van der Waals surface area contributed by atoms with E-state index >= 15 is 0 Å². The summed E-state index contributed by atoms with van der Waals surface area (Å²) in [6.07, 6.45) is 0. The molecule has 0 aliphatic carbocycles.